The SMILES string of the molecule is CC(C)CCC[C@@H](C)C1CC[C@H]2C3[C@H](O)CC4=CC(=O)CC[C@]4(C)[C@H]3CC[C@]12C. The molecule has 2 unspecified atom stereocenters. The molecule has 8 atom stereocenters. The van der Waals surface area contributed by atoms with E-state index in [1.165, 1.54) is 50.5 Å². The van der Waals surface area contributed by atoms with E-state index in [2.05, 4.69) is 34.6 Å². The number of hydrogen-bond acceptors (Lipinski definition) is 2. The van der Waals surface area contributed by atoms with E-state index >= 15 is 0 Å². The Labute approximate surface area is 178 Å². The Morgan fingerprint density at radius 3 is 2.55 bits per heavy atom. The number of rotatable bonds is 5. The van der Waals surface area contributed by atoms with Crippen molar-refractivity contribution in [2.45, 2.75) is 105 Å². The van der Waals surface area contributed by atoms with Gasteiger partial charge in [0.25, 0.3) is 0 Å². The number of hydrogen-bond donors (Lipinski definition) is 1. The van der Waals surface area contributed by atoms with E-state index in [1.807, 2.05) is 6.08 Å². The van der Waals surface area contributed by atoms with E-state index in [0.717, 1.165) is 30.6 Å². The Kier molecular flexibility index (Phi) is 5.82. The molecular weight excluding hydrogens is 356 g/mol. The average molecular weight is 401 g/mol. The van der Waals surface area contributed by atoms with Gasteiger partial charge in [-0.2, -0.15) is 0 Å². The number of carbonyl (C=O) groups excluding carboxylic acids is 1. The van der Waals surface area contributed by atoms with Crippen LogP contribution in [0, 0.1) is 46.3 Å². The van der Waals surface area contributed by atoms with Crippen LogP contribution in [-0.4, -0.2) is 17.0 Å². The number of ketones is 1. The smallest absolute Gasteiger partial charge is 0.155 e. The van der Waals surface area contributed by atoms with E-state index in [0.29, 0.717) is 29.6 Å². The zero-order chi connectivity index (χ0) is 21.0. The molecule has 0 aromatic carbocycles. The van der Waals surface area contributed by atoms with Crippen LogP contribution >= 0.6 is 0 Å². The maximum atomic E-state index is 12.0. The van der Waals surface area contributed by atoms with Crippen molar-refractivity contribution in [3.05, 3.63) is 11.6 Å². The van der Waals surface area contributed by atoms with Crippen molar-refractivity contribution >= 4 is 5.78 Å². The maximum Gasteiger partial charge on any atom is 0.155 e. The van der Waals surface area contributed by atoms with Crippen LogP contribution in [0.2, 0.25) is 0 Å². The minimum Gasteiger partial charge on any atom is -0.392 e. The highest BCUT2D eigenvalue weighted by molar-refractivity contribution is 5.91. The Balaban J connectivity index is 1.54. The topological polar surface area (TPSA) is 37.3 Å². The van der Waals surface area contributed by atoms with E-state index in [1.54, 1.807) is 0 Å². The molecule has 0 radical (unpaired) electrons. The highest BCUT2D eigenvalue weighted by atomic mass is 16.3. The van der Waals surface area contributed by atoms with Crippen molar-refractivity contribution in [2.24, 2.45) is 46.3 Å². The molecule has 0 aliphatic heterocycles. The van der Waals surface area contributed by atoms with Crippen LogP contribution in [0.5, 0.6) is 0 Å². The molecule has 0 aromatic heterocycles. The monoisotopic (exact) mass is 400 g/mol. The molecule has 0 amide bonds. The summed E-state index contributed by atoms with van der Waals surface area (Å²) in [5.41, 5.74) is 1.82. The lowest BCUT2D eigenvalue weighted by atomic mass is 9.45. The number of fused-ring (bicyclic) bond motifs is 5. The van der Waals surface area contributed by atoms with Crippen LogP contribution in [0.3, 0.4) is 0 Å². The largest absolute Gasteiger partial charge is 0.392 e. The van der Waals surface area contributed by atoms with Gasteiger partial charge in [-0.25, -0.2) is 0 Å². The van der Waals surface area contributed by atoms with E-state index in [4.69, 9.17) is 0 Å². The van der Waals surface area contributed by atoms with E-state index in [-0.39, 0.29) is 17.3 Å². The van der Waals surface area contributed by atoms with Gasteiger partial charge >= 0.3 is 0 Å². The fraction of sp³-hybridized carbons (Fsp3) is 0.889. The molecule has 2 nitrogen and oxygen atoms in total. The standard InChI is InChI=1S/C27H44O2/c1-17(2)7-6-8-18(3)21-9-10-22-25-23(12-14-27(21,22)5)26(4)13-11-20(28)15-19(26)16-24(25)29/h15,17-18,21-25,29H,6-14,16H2,1-5H3/t18-,21?,22+,23+,24-,25?,26+,27-/m1/s1. The fourth-order valence-corrected chi connectivity index (χ4v) is 8.55. The molecular formula is C27H44O2. The Morgan fingerprint density at radius 1 is 1.07 bits per heavy atom. The van der Waals surface area contributed by atoms with Gasteiger partial charge in [0.2, 0.25) is 0 Å². The van der Waals surface area contributed by atoms with E-state index in [9.17, 15) is 9.90 Å². The van der Waals surface area contributed by atoms with Crippen molar-refractivity contribution in [1.82, 2.24) is 0 Å². The molecule has 4 rings (SSSR count). The molecule has 3 fully saturated rings. The van der Waals surface area contributed by atoms with Crippen LogP contribution in [0.25, 0.3) is 0 Å². The third kappa shape index (κ3) is 3.56. The highest BCUT2D eigenvalue weighted by Crippen LogP contribution is 2.67. The third-order valence-corrected chi connectivity index (χ3v) is 10.2. The first kappa shape index (κ1) is 21.6. The average Bonchev–Trinajstić information content (AvgIpc) is 3.00. The van der Waals surface area contributed by atoms with Crippen LogP contribution in [0.15, 0.2) is 11.6 Å². The molecule has 1 N–H and O–H groups in total. The van der Waals surface area contributed by atoms with Gasteiger partial charge < -0.3 is 5.11 Å². The van der Waals surface area contributed by atoms with Crippen molar-refractivity contribution in [3.8, 4) is 0 Å². The molecule has 3 saturated carbocycles. The van der Waals surface area contributed by atoms with Gasteiger partial charge in [-0.1, -0.05) is 59.5 Å². The van der Waals surface area contributed by atoms with Gasteiger partial charge in [-0.3, -0.25) is 4.79 Å². The molecule has 0 bridgehead atoms. The lowest BCUT2D eigenvalue weighted by Gasteiger charge is -2.60. The number of carbonyl (C=O) groups is 1. The first-order valence-electron chi connectivity index (χ1n) is 12.6. The lowest BCUT2D eigenvalue weighted by molar-refractivity contribution is -0.124. The van der Waals surface area contributed by atoms with Gasteiger partial charge in [0.1, 0.15) is 0 Å². The molecule has 29 heavy (non-hydrogen) atoms. The summed E-state index contributed by atoms with van der Waals surface area (Å²) in [6.07, 6.45) is 13.4. The Hall–Kier alpha value is -0.630. The summed E-state index contributed by atoms with van der Waals surface area (Å²) in [6, 6.07) is 0. The predicted octanol–water partition coefficient (Wildman–Crippen LogP) is 6.57. The summed E-state index contributed by atoms with van der Waals surface area (Å²) in [4.78, 5) is 12.0. The molecule has 0 heterocycles. The van der Waals surface area contributed by atoms with Crippen LogP contribution in [-0.2, 0) is 4.79 Å². The summed E-state index contributed by atoms with van der Waals surface area (Å²) in [5, 5.41) is 11.3. The molecule has 0 saturated heterocycles. The fourth-order valence-electron chi connectivity index (χ4n) is 8.55. The lowest BCUT2D eigenvalue weighted by Crippen LogP contribution is -2.55. The van der Waals surface area contributed by atoms with Crippen molar-refractivity contribution in [2.75, 3.05) is 0 Å². The molecule has 4 aliphatic rings. The Morgan fingerprint density at radius 2 is 1.83 bits per heavy atom. The summed E-state index contributed by atoms with van der Waals surface area (Å²) in [6.45, 7) is 12.2. The van der Waals surface area contributed by atoms with Crippen LogP contribution in [0.1, 0.15) is 98.8 Å². The molecule has 164 valence electrons. The second-order valence-corrected chi connectivity index (χ2v) is 12.1. The van der Waals surface area contributed by atoms with Crippen molar-refractivity contribution < 1.29 is 9.90 Å². The van der Waals surface area contributed by atoms with Gasteiger partial charge in [0, 0.05) is 6.42 Å². The Bertz CT molecular complexity index is 663. The van der Waals surface area contributed by atoms with Gasteiger partial charge in [-0.15, -0.1) is 0 Å². The highest BCUT2D eigenvalue weighted by Gasteiger charge is 2.61. The first-order chi connectivity index (χ1) is 13.7. The van der Waals surface area contributed by atoms with Gasteiger partial charge in [0.05, 0.1) is 6.10 Å². The van der Waals surface area contributed by atoms with Gasteiger partial charge in [-0.05, 0) is 90.9 Å². The van der Waals surface area contributed by atoms with Crippen molar-refractivity contribution in [3.63, 3.8) is 0 Å². The summed E-state index contributed by atoms with van der Waals surface area (Å²) in [5.74, 6) is 4.40. The molecule has 2 heteroatoms. The second-order valence-electron chi connectivity index (χ2n) is 12.1. The third-order valence-electron chi connectivity index (χ3n) is 10.2. The zero-order valence-corrected chi connectivity index (χ0v) is 19.5. The van der Waals surface area contributed by atoms with E-state index < -0.39 is 0 Å². The maximum absolute atomic E-state index is 12.0. The molecule has 4 aliphatic carbocycles. The zero-order valence-electron chi connectivity index (χ0n) is 19.5. The quantitative estimate of drug-likeness (QED) is 0.567. The second kappa shape index (κ2) is 7.81. The van der Waals surface area contributed by atoms with Crippen LogP contribution in [0.4, 0.5) is 0 Å². The first-order valence-corrected chi connectivity index (χ1v) is 12.6. The van der Waals surface area contributed by atoms with Gasteiger partial charge in [0.15, 0.2) is 5.78 Å². The predicted molar refractivity (Wildman–Crippen MR) is 119 cm³/mol. The summed E-state index contributed by atoms with van der Waals surface area (Å²) in [7, 11) is 0. The number of aliphatic hydroxyl groups excluding tert-OH is 1. The summed E-state index contributed by atoms with van der Waals surface area (Å²) < 4.78 is 0. The van der Waals surface area contributed by atoms with Crippen molar-refractivity contribution in [1.29, 1.82) is 0 Å². The minimum absolute atomic E-state index is 0.153. The number of aliphatic hydroxyl groups is 1. The summed E-state index contributed by atoms with van der Waals surface area (Å²) >= 11 is 0. The molecule has 0 aromatic rings. The molecule has 0 spiro atoms. The minimum atomic E-state index is -0.246. The van der Waals surface area contributed by atoms with Crippen LogP contribution < -0.4 is 0 Å². The normalized spacial score (nSPS) is 45.4.